The summed E-state index contributed by atoms with van der Waals surface area (Å²) >= 11 is 0. The first-order valence-electron chi connectivity index (χ1n) is 6.90. The lowest BCUT2D eigenvalue weighted by atomic mass is 9.93. The van der Waals surface area contributed by atoms with E-state index in [1.54, 1.807) is 0 Å². The Morgan fingerprint density at radius 3 is 2.59 bits per heavy atom. The summed E-state index contributed by atoms with van der Waals surface area (Å²) in [6.07, 6.45) is 11.2. The van der Waals surface area contributed by atoms with Crippen LogP contribution in [0, 0.1) is 11.3 Å². The minimum atomic E-state index is 0.567. The predicted molar refractivity (Wildman–Crippen MR) is 65.7 cm³/mol. The van der Waals surface area contributed by atoms with Gasteiger partial charge < -0.3 is 0 Å². The largest absolute Gasteiger partial charge is 0.265 e. The van der Waals surface area contributed by atoms with Crippen molar-refractivity contribution in [3.8, 4) is 6.07 Å². The summed E-state index contributed by atoms with van der Waals surface area (Å²) in [4.78, 5) is 0. The fourth-order valence-corrected chi connectivity index (χ4v) is 3.34. The molecule has 2 aliphatic rings. The Morgan fingerprint density at radius 2 is 1.82 bits per heavy atom. The maximum absolute atomic E-state index is 9.18. The smallest absolute Gasteiger partial charge is 0.165 e. The summed E-state index contributed by atoms with van der Waals surface area (Å²) in [7, 11) is 0. The first kappa shape index (κ1) is 10.8. The number of hydrogen-bond donors (Lipinski definition) is 0. The Hall–Kier alpha value is -1.30. The molecule has 0 unspecified atom stereocenters. The lowest BCUT2D eigenvalue weighted by Crippen LogP contribution is -2.18. The molecular weight excluding hydrogens is 210 g/mol. The molecule has 3 heteroatoms. The Bertz CT molecular complexity index is 447. The normalized spacial score (nSPS) is 20.9. The molecule has 3 rings (SSSR count). The van der Waals surface area contributed by atoms with Crippen molar-refractivity contribution in [2.45, 2.75) is 63.8 Å². The van der Waals surface area contributed by atoms with Crippen molar-refractivity contribution in [3.05, 3.63) is 17.0 Å². The molecule has 0 radical (unpaired) electrons. The van der Waals surface area contributed by atoms with Gasteiger partial charge in [-0.25, -0.2) is 0 Å². The van der Waals surface area contributed by atoms with E-state index in [1.165, 1.54) is 56.2 Å². The van der Waals surface area contributed by atoms with Crippen LogP contribution in [0.1, 0.15) is 67.9 Å². The number of aromatic nitrogens is 2. The van der Waals surface area contributed by atoms with Crippen LogP contribution in [0.15, 0.2) is 0 Å². The van der Waals surface area contributed by atoms with Gasteiger partial charge in [0, 0.05) is 11.3 Å². The summed E-state index contributed by atoms with van der Waals surface area (Å²) in [5, 5.41) is 13.8. The van der Waals surface area contributed by atoms with Crippen molar-refractivity contribution in [3.63, 3.8) is 0 Å². The first-order chi connectivity index (χ1) is 8.40. The van der Waals surface area contributed by atoms with E-state index in [0.29, 0.717) is 11.7 Å². The van der Waals surface area contributed by atoms with E-state index >= 15 is 0 Å². The Labute approximate surface area is 102 Å². The molecule has 0 N–H and O–H groups in total. The minimum absolute atomic E-state index is 0.567. The quantitative estimate of drug-likeness (QED) is 0.742. The lowest BCUT2D eigenvalue weighted by molar-refractivity contribution is 0.319. The molecule has 0 bridgehead atoms. The zero-order chi connectivity index (χ0) is 11.7. The monoisotopic (exact) mass is 229 g/mol. The molecule has 3 nitrogen and oxygen atoms in total. The zero-order valence-corrected chi connectivity index (χ0v) is 10.3. The van der Waals surface area contributed by atoms with Crippen LogP contribution < -0.4 is 0 Å². The Balaban J connectivity index is 1.98. The van der Waals surface area contributed by atoms with Gasteiger partial charge in [0.2, 0.25) is 0 Å². The maximum atomic E-state index is 9.18. The summed E-state index contributed by atoms with van der Waals surface area (Å²) in [5.41, 5.74) is 3.33. The third kappa shape index (κ3) is 1.86. The SMILES string of the molecule is N#Cc1nn(C2CCCCC2)c2c1CCCC2. The molecule has 17 heavy (non-hydrogen) atoms. The van der Waals surface area contributed by atoms with Crippen molar-refractivity contribution in [2.75, 3.05) is 0 Å². The second-order valence-electron chi connectivity index (χ2n) is 5.33. The predicted octanol–water partition coefficient (Wildman–Crippen LogP) is 3.14. The maximum Gasteiger partial charge on any atom is 0.165 e. The third-order valence-corrected chi connectivity index (χ3v) is 4.24. The standard InChI is InChI=1S/C14H19N3/c15-10-13-12-8-4-5-9-14(12)17(16-13)11-6-2-1-3-7-11/h11H,1-9H2. The van der Waals surface area contributed by atoms with Gasteiger partial charge in [0.25, 0.3) is 0 Å². The highest BCUT2D eigenvalue weighted by molar-refractivity contribution is 5.37. The molecule has 2 aliphatic carbocycles. The highest BCUT2D eigenvalue weighted by Gasteiger charge is 2.25. The van der Waals surface area contributed by atoms with Crippen LogP contribution in [0.2, 0.25) is 0 Å². The lowest BCUT2D eigenvalue weighted by Gasteiger charge is -2.25. The highest BCUT2D eigenvalue weighted by atomic mass is 15.3. The number of hydrogen-bond acceptors (Lipinski definition) is 2. The topological polar surface area (TPSA) is 41.6 Å². The van der Waals surface area contributed by atoms with Gasteiger partial charge in [0.1, 0.15) is 6.07 Å². The number of rotatable bonds is 1. The van der Waals surface area contributed by atoms with Crippen LogP contribution in [-0.4, -0.2) is 9.78 Å². The second kappa shape index (κ2) is 4.52. The molecular formula is C14H19N3. The number of nitrogens with zero attached hydrogens (tertiary/aromatic N) is 3. The molecule has 1 heterocycles. The molecule has 0 spiro atoms. The van der Waals surface area contributed by atoms with Gasteiger partial charge >= 0.3 is 0 Å². The van der Waals surface area contributed by atoms with Gasteiger partial charge in [-0.15, -0.1) is 0 Å². The molecule has 1 saturated carbocycles. The first-order valence-corrected chi connectivity index (χ1v) is 6.90. The van der Waals surface area contributed by atoms with Gasteiger partial charge in [-0.2, -0.15) is 10.4 Å². The average molecular weight is 229 g/mol. The summed E-state index contributed by atoms with van der Waals surface area (Å²) < 4.78 is 2.21. The summed E-state index contributed by atoms with van der Waals surface area (Å²) in [6, 6.07) is 2.85. The molecule has 90 valence electrons. The van der Waals surface area contributed by atoms with Crippen molar-refractivity contribution < 1.29 is 0 Å². The van der Waals surface area contributed by atoms with Crippen molar-refractivity contribution in [1.29, 1.82) is 5.26 Å². The van der Waals surface area contributed by atoms with E-state index in [0.717, 1.165) is 12.8 Å². The molecule has 0 aliphatic heterocycles. The van der Waals surface area contributed by atoms with Crippen LogP contribution in [-0.2, 0) is 12.8 Å². The van der Waals surface area contributed by atoms with Crippen LogP contribution >= 0.6 is 0 Å². The molecule has 0 saturated heterocycles. The van der Waals surface area contributed by atoms with Crippen molar-refractivity contribution >= 4 is 0 Å². The van der Waals surface area contributed by atoms with Gasteiger partial charge in [0.05, 0.1) is 6.04 Å². The zero-order valence-electron chi connectivity index (χ0n) is 10.3. The molecule has 1 aromatic heterocycles. The van der Waals surface area contributed by atoms with Crippen LogP contribution in [0.25, 0.3) is 0 Å². The van der Waals surface area contributed by atoms with E-state index in [4.69, 9.17) is 0 Å². The van der Waals surface area contributed by atoms with Gasteiger partial charge in [0.15, 0.2) is 5.69 Å². The van der Waals surface area contributed by atoms with Crippen LogP contribution in [0.3, 0.4) is 0 Å². The Kier molecular flexibility index (Phi) is 2.88. The molecule has 1 fully saturated rings. The minimum Gasteiger partial charge on any atom is -0.265 e. The van der Waals surface area contributed by atoms with E-state index in [1.807, 2.05) is 0 Å². The number of fused-ring (bicyclic) bond motifs is 1. The van der Waals surface area contributed by atoms with Gasteiger partial charge in [-0.05, 0) is 38.5 Å². The van der Waals surface area contributed by atoms with Crippen molar-refractivity contribution in [2.24, 2.45) is 0 Å². The van der Waals surface area contributed by atoms with Gasteiger partial charge in [-0.3, -0.25) is 4.68 Å². The van der Waals surface area contributed by atoms with Crippen molar-refractivity contribution in [1.82, 2.24) is 9.78 Å². The highest BCUT2D eigenvalue weighted by Crippen LogP contribution is 2.33. The fourth-order valence-electron chi connectivity index (χ4n) is 3.34. The van der Waals surface area contributed by atoms with E-state index in [-0.39, 0.29) is 0 Å². The molecule has 1 aromatic rings. The van der Waals surface area contributed by atoms with E-state index < -0.39 is 0 Å². The average Bonchev–Trinajstić information content (AvgIpc) is 2.78. The fraction of sp³-hybridized carbons (Fsp3) is 0.714. The second-order valence-corrected chi connectivity index (χ2v) is 5.33. The molecule has 0 atom stereocenters. The van der Waals surface area contributed by atoms with E-state index in [9.17, 15) is 5.26 Å². The summed E-state index contributed by atoms with van der Waals surface area (Å²) in [5.74, 6) is 0. The summed E-state index contributed by atoms with van der Waals surface area (Å²) in [6.45, 7) is 0. The third-order valence-electron chi connectivity index (χ3n) is 4.24. The Morgan fingerprint density at radius 1 is 1.06 bits per heavy atom. The molecule has 0 amide bonds. The van der Waals surface area contributed by atoms with Gasteiger partial charge in [-0.1, -0.05) is 19.3 Å². The van der Waals surface area contributed by atoms with E-state index in [2.05, 4.69) is 15.8 Å². The van der Waals surface area contributed by atoms with Crippen LogP contribution in [0.4, 0.5) is 0 Å². The molecule has 0 aromatic carbocycles. The van der Waals surface area contributed by atoms with Crippen LogP contribution in [0.5, 0.6) is 0 Å². The number of nitriles is 1.